The van der Waals surface area contributed by atoms with Crippen LogP contribution in [0, 0.1) is 0 Å². The summed E-state index contributed by atoms with van der Waals surface area (Å²) in [7, 11) is 0. The predicted molar refractivity (Wildman–Crippen MR) is 70.2 cm³/mol. The molecule has 106 valence electrons. The fourth-order valence-corrected chi connectivity index (χ4v) is 2.34. The average molecular weight is 276 g/mol. The van der Waals surface area contributed by atoms with Crippen molar-refractivity contribution in [2.24, 2.45) is 0 Å². The Balaban J connectivity index is 1.89. The van der Waals surface area contributed by atoms with Crippen molar-refractivity contribution in [3.63, 3.8) is 0 Å². The minimum atomic E-state index is -0.980. The summed E-state index contributed by atoms with van der Waals surface area (Å²) in [6, 6.07) is 4.28. The molecule has 0 radical (unpaired) electrons. The van der Waals surface area contributed by atoms with Gasteiger partial charge < -0.3 is 10.0 Å². The molecule has 1 N–H and O–H groups in total. The Morgan fingerprint density at radius 3 is 2.75 bits per heavy atom. The first-order chi connectivity index (χ1) is 9.59. The van der Waals surface area contributed by atoms with E-state index in [9.17, 15) is 14.4 Å². The molecule has 0 spiro atoms. The van der Waals surface area contributed by atoms with Crippen molar-refractivity contribution in [3.8, 4) is 0 Å². The zero-order valence-corrected chi connectivity index (χ0v) is 11.0. The highest BCUT2D eigenvalue weighted by Crippen LogP contribution is 2.19. The number of Topliss-reactive ketones (excluding diaryl/α,β-unsaturated/α-hetero) is 1. The van der Waals surface area contributed by atoms with Crippen LogP contribution in [0.25, 0.3) is 0 Å². The van der Waals surface area contributed by atoms with Crippen LogP contribution in [0.15, 0.2) is 24.4 Å². The normalized spacial score (nSPS) is 18.0. The Morgan fingerprint density at radius 1 is 1.30 bits per heavy atom. The number of carbonyl (C=O) groups is 3. The van der Waals surface area contributed by atoms with Crippen LogP contribution in [0.3, 0.4) is 0 Å². The highest BCUT2D eigenvalue weighted by Gasteiger charge is 2.33. The number of carboxylic acid groups (broad SMARTS) is 1. The van der Waals surface area contributed by atoms with Crippen LogP contribution < -0.4 is 0 Å². The van der Waals surface area contributed by atoms with Gasteiger partial charge in [-0.3, -0.25) is 14.6 Å². The molecule has 1 saturated heterocycles. The van der Waals surface area contributed by atoms with Gasteiger partial charge in [-0.2, -0.15) is 0 Å². The lowest BCUT2D eigenvalue weighted by atomic mass is 10.1. The summed E-state index contributed by atoms with van der Waals surface area (Å²) < 4.78 is 0. The van der Waals surface area contributed by atoms with Crippen LogP contribution in [-0.2, 0) is 9.59 Å². The van der Waals surface area contributed by atoms with Gasteiger partial charge in [0.15, 0.2) is 5.78 Å². The van der Waals surface area contributed by atoms with Crippen molar-refractivity contribution >= 4 is 17.7 Å². The largest absolute Gasteiger partial charge is 0.480 e. The number of aliphatic carboxylic acids is 1. The SMILES string of the molecule is O=C(CCC(=O)N1CCC[C@H]1C(=O)O)c1ccccn1. The number of rotatable bonds is 5. The molecule has 1 aliphatic rings. The molecule has 1 aliphatic heterocycles. The highest BCUT2D eigenvalue weighted by atomic mass is 16.4. The van der Waals surface area contributed by atoms with Gasteiger partial charge in [-0.05, 0) is 25.0 Å². The van der Waals surface area contributed by atoms with Crippen LogP contribution in [-0.4, -0.2) is 45.2 Å². The summed E-state index contributed by atoms with van der Waals surface area (Å²) in [6.45, 7) is 0.452. The summed E-state index contributed by atoms with van der Waals surface area (Å²) in [5.74, 6) is -1.46. The van der Waals surface area contributed by atoms with E-state index in [4.69, 9.17) is 5.11 Å². The van der Waals surface area contributed by atoms with Crippen molar-refractivity contribution in [1.82, 2.24) is 9.88 Å². The van der Waals surface area contributed by atoms with Gasteiger partial charge >= 0.3 is 5.97 Å². The van der Waals surface area contributed by atoms with Crippen LogP contribution >= 0.6 is 0 Å². The standard InChI is InChI=1S/C14H16N2O4/c17-12(10-4-1-2-8-15-10)6-7-13(18)16-9-3-5-11(16)14(19)20/h1-2,4,8,11H,3,5-7,9H2,(H,19,20)/t11-/m0/s1. The maximum Gasteiger partial charge on any atom is 0.326 e. The smallest absolute Gasteiger partial charge is 0.326 e. The second-order valence-corrected chi connectivity index (χ2v) is 4.72. The molecule has 6 nitrogen and oxygen atoms in total. The minimum Gasteiger partial charge on any atom is -0.480 e. The van der Waals surface area contributed by atoms with E-state index in [0.717, 1.165) is 0 Å². The molecule has 1 aromatic rings. The summed E-state index contributed by atoms with van der Waals surface area (Å²) >= 11 is 0. The lowest BCUT2D eigenvalue weighted by Gasteiger charge is -2.21. The number of amides is 1. The Labute approximate surface area is 116 Å². The molecule has 0 saturated carbocycles. The summed E-state index contributed by atoms with van der Waals surface area (Å²) in [6.07, 6.45) is 2.78. The lowest BCUT2D eigenvalue weighted by molar-refractivity contribution is -0.148. The van der Waals surface area contributed by atoms with Crippen molar-refractivity contribution in [3.05, 3.63) is 30.1 Å². The van der Waals surface area contributed by atoms with Gasteiger partial charge in [0.1, 0.15) is 11.7 Å². The first kappa shape index (κ1) is 14.2. The van der Waals surface area contributed by atoms with Gasteiger partial charge in [-0.25, -0.2) is 4.79 Å². The van der Waals surface area contributed by atoms with Crippen LogP contribution in [0.2, 0.25) is 0 Å². The van der Waals surface area contributed by atoms with Crippen LogP contribution in [0.5, 0.6) is 0 Å². The molecule has 1 aromatic heterocycles. The number of carboxylic acids is 1. The van der Waals surface area contributed by atoms with Gasteiger partial charge in [0, 0.05) is 25.6 Å². The molecule has 1 amide bonds. The minimum absolute atomic E-state index is 0.0270. The number of nitrogens with zero attached hydrogens (tertiary/aromatic N) is 2. The monoisotopic (exact) mass is 276 g/mol. The van der Waals surface area contributed by atoms with Gasteiger partial charge in [-0.1, -0.05) is 6.07 Å². The molecule has 6 heteroatoms. The number of hydrogen-bond acceptors (Lipinski definition) is 4. The lowest BCUT2D eigenvalue weighted by Crippen LogP contribution is -2.40. The quantitative estimate of drug-likeness (QED) is 0.814. The van der Waals surface area contributed by atoms with Gasteiger partial charge in [-0.15, -0.1) is 0 Å². The van der Waals surface area contributed by atoms with E-state index in [0.29, 0.717) is 25.1 Å². The summed E-state index contributed by atoms with van der Waals surface area (Å²) in [5.41, 5.74) is 0.330. The van der Waals surface area contributed by atoms with E-state index in [1.165, 1.54) is 11.1 Å². The van der Waals surface area contributed by atoms with Crippen molar-refractivity contribution < 1.29 is 19.5 Å². The van der Waals surface area contributed by atoms with Crippen LogP contribution in [0.4, 0.5) is 0 Å². The topological polar surface area (TPSA) is 87.6 Å². The van der Waals surface area contributed by atoms with Crippen molar-refractivity contribution in [1.29, 1.82) is 0 Å². The van der Waals surface area contributed by atoms with E-state index in [2.05, 4.69) is 4.98 Å². The Hall–Kier alpha value is -2.24. The fraction of sp³-hybridized carbons (Fsp3) is 0.429. The van der Waals surface area contributed by atoms with Crippen molar-refractivity contribution in [2.45, 2.75) is 31.7 Å². The first-order valence-corrected chi connectivity index (χ1v) is 6.56. The van der Waals surface area contributed by atoms with E-state index in [1.807, 2.05) is 0 Å². The molecule has 0 aromatic carbocycles. The molecule has 1 fully saturated rings. The zero-order valence-electron chi connectivity index (χ0n) is 11.0. The highest BCUT2D eigenvalue weighted by molar-refractivity contribution is 5.96. The van der Waals surface area contributed by atoms with Crippen LogP contribution in [0.1, 0.15) is 36.2 Å². The molecular formula is C14H16N2O4. The number of aromatic nitrogens is 1. The number of likely N-dealkylation sites (tertiary alicyclic amines) is 1. The molecule has 0 bridgehead atoms. The van der Waals surface area contributed by atoms with E-state index < -0.39 is 12.0 Å². The number of hydrogen-bond donors (Lipinski definition) is 1. The molecule has 20 heavy (non-hydrogen) atoms. The van der Waals surface area contributed by atoms with Gasteiger partial charge in [0.05, 0.1) is 0 Å². The average Bonchev–Trinajstić information content (AvgIpc) is 2.95. The number of ketones is 1. The third-order valence-corrected chi connectivity index (χ3v) is 3.37. The van der Waals surface area contributed by atoms with E-state index >= 15 is 0 Å². The first-order valence-electron chi connectivity index (χ1n) is 6.56. The summed E-state index contributed by atoms with van der Waals surface area (Å²) in [5, 5.41) is 9.02. The van der Waals surface area contributed by atoms with Crippen molar-refractivity contribution in [2.75, 3.05) is 6.54 Å². The Morgan fingerprint density at radius 2 is 2.10 bits per heavy atom. The maximum atomic E-state index is 12.0. The molecule has 0 aliphatic carbocycles. The number of carbonyl (C=O) groups excluding carboxylic acids is 2. The molecule has 2 rings (SSSR count). The molecule has 0 unspecified atom stereocenters. The third kappa shape index (κ3) is 3.20. The Bertz CT molecular complexity index is 515. The van der Waals surface area contributed by atoms with Gasteiger partial charge in [0.25, 0.3) is 0 Å². The van der Waals surface area contributed by atoms with Gasteiger partial charge in [0.2, 0.25) is 5.91 Å². The summed E-state index contributed by atoms with van der Waals surface area (Å²) in [4.78, 5) is 40.1. The molecular weight excluding hydrogens is 260 g/mol. The van der Waals surface area contributed by atoms with E-state index in [-0.39, 0.29) is 24.5 Å². The second kappa shape index (κ2) is 6.27. The molecule has 1 atom stereocenters. The third-order valence-electron chi connectivity index (χ3n) is 3.37. The maximum absolute atomic E-state index is 12.0. The van der Waals surface area contributed by atoms with E-state index in [1.54, 1.807) is 18.2 Å². The predicted octanol–water partition coefficient (Wildman–Crippen LogP) is 1.12. The zero-order chi connectivity index (χ0) is 14.5. The second-order valence-electron chi connectivity index (χ2n) is 4.72. The number of pyridine rings is 1. The molecule has 2 heterocycles. The fourth-order valence-electron chi connectivity index (χ4n) is 2.34. The Kier molecular flexibility index (Phi) is 4.45.